The van der Waals surface area contributed by atoms with Crippen LogP contribution in [0.1, 0.15) is 42.1 Å². The van der Waals surface area contributed by atoms with Crippen molar-refractivity contribution >= 4 is 39.1 Å². The number of fused-ring (bicyclic) bond motifs is 1. The minimum Gasteiger partial charge on any atom is -0.384 e. The van der Waals surface area contributed by atoms with Gasteiger partial charge in [-0.15, -0.1) is 11.3 Å². The number of carbonyl (C=O) groups excluding carboxylic acids is 2. The number of ketones is 1. The van der Waals surface area contributed by atoms with Crippen molar-refractivity contribution in [3.05, 3.63) is 53.2 Å². The zero-order valence-electron chi connectivity index (χ0n) is 16.0. The molecule has 0 spiro atoms. The second-order valence-corrected chi connectivity index (χ2v) is 8.23. The molecule has 7 heteroatoms. The summed E-state index contributed by atoms with van der Waals surface area (Å²) in [5.41, 5.74) is 7.26. The normalized spacial score (nSPS) is 12.2. The first-order chi connectivity index (χ1) is 13.4. The molecule has 1 amide bonds. The van der Waals surface area contributed by atoms with Gasteiger partial charge in [0.05, 0.1) is 16.3 Å². The van der Waals surface area contributed by atoms with Crippen LogP contribution >= 0.6 is 11.3 Å². The van der Waals surface area contributed by atoms with Crippen LogP contribution in [0.5, 0.6) is 0 Å². The van der Waals surface area contributed by atoms with Crippen molar-refractivity contribution in [1.29, 1.82) is 0 Å². The van der Waals surface area contributed by atoms with Crippen LogP contribution in [0.4, 0.5) is 5.82 Å². The quantitative estimate of drug-likeness (QED) is 0.567. The minimum absolute atomic E-state index is 0.128. The fourth-order valence-electron chi connectivity index (χ4n) is 2.81. The van der Waals surface area contributed by atoms with Gasteiger partial charge in [0.2, 0.25) is 11.7 Å². The number of hydrogen-bond acceptors (Lipinski definition) is 6. The number of nitrogens with one attached hydrogen (secondary N) is 1. The molecular formula is C21H24N4O2S. The van der Waals surface area contributed by atoms with Gasteiger partial charge in [-0.1, -0.05) is 32.0 Å². The number of nitrogen functional groups attached to an aromatic ring is 1. The van der Waals surface area contributed by atoms with Gasteiger partial charge in [0, 0.05) is 19.0 Å². The van der Waals surface area contributed by atoms with E-state index >= 15 is 0 Å². The number of carbonyl (C=O) groups is 2. The van der Waals surface area contributed by atoms with E-state index in [0.29, 0.717) is 29.6 Å². The van der Waals surface area contributed by atoms with Crippen LogP contribution in [-0.4, -0.2) is 27.7 Å². The van der Waals surface area contributed by atoms with E-state index in [1.807, 2.05) is 30.3 Å². The highest BCUT2D eigenvalue weighted by molar-refractivity contribution is 7.20. The summed E-state index contributed by atoms with van der Waals surface area (Å²) in [5, 5.41) is 3.30. The Morgan fingerprint density at radius 1 is 1.18 bits per heavy atom. The van der Waals surface area contributed by atoms with Gasteiger partial charge < -0.3 is 11.1 Å². The van der Waals surface area contributed by atoms with Gasteiger partial charge in [0.1, 0.15) is 5.82 Å². The van der Waals surface area contributed by atoms with Gasteiger partial charge in [-0.05, 0) is 36.1 Å². The molecule has 2 heterocycles. The smallest absolute Gasteiger partial charge is 0.220 e. The number of hydrogen-bond donors (Lipinski definition) is 2. The topological polar surface area (TPSA) is 98.0 Å². The average molecular weight is 397 g/mol. The molecule has 1 aromatic carbocycles. The van der Waals surface area contributed by atoms with E-state index in [0.717, 1.165) is 22.2 Å². The Balaban J connectivity index is 1.82. The Morgan fingerprint density at radius 3 is 2.64 bits per heavy atom. The molecule has 146 valence electrons. The summed E-state index contributed by atoms with van der Waals surface area (Å²) < 4.78 is 0.949. The monoisotopic (exact) mass is 396 g/mol. The summed E-state index contributed by atoms with van der Waals surface area (Å²) in [6.45, 7) is 4.13. The van der Waals surface area contributed by atoms with E-state index in [4.69, 9.17) is 5.73 Å². The van der Waals surface area contributed by atoms with E-state index in [2.05, 4.69) is 29.1 Å². The van der Waals surface area contributed by atoms with Crippen LogP contribution in [-0.2, 0) is 11.2 Å². The number of rotatable bonds is 8. The highest BCUT2D eigenvalue weighted by Gasteiger charge is 2.25. The lowest BCUT2D eigenvalue weighted by atomic mass is 10.0. The van der Waals surface area contributed by atoms with Crippen molar-refractivity contribution in [2.24, 2.45) is 5.92 Å². The van der Waals surface area contributed by atoms with Crippen molar-refractivity contribution in [3.63, 3.8) is 0 Å². The van der Waals surface area contributed by atoms with Crippen molar-refractivity contribution in [1.82, 2.24) is 15.3 Å². The van der Waals surface area contributed by atoms with Gasteiger partial charge in [-0.3, -0.25) is 9.59 Å². The molecule has 1 unspecified atom stereocenters. The summed E-state index contributed by atoms with van der Waals surface area (Å²) in [6, 6.07) is 10.4. The van der Waals surface area contributed by atoms with Crippen LogP contribution in [0.3, 0.4) is 0 Å². The number of pyridine rings is 1. The van der Waals surface area contributed by atoms with Gasteiger partial charge in [-0.2, -0.15) is 0 Å². The van der Waals surface area contributed by atoms with Gasteiger partial charge in [-0.25, -0.2) is 9.97 Å². The van der Waals surface area contributed by atoms with Gasteiger partial charge in [0.25, 0.3) is 0 Å². The van der Waals surface area contributed by atoms with Crippen molar-refractivity contribution in [3.8, 4) is 0 Å². The lowest BCUT2D eigenvalue weighted by molar-refractivity contribution is -0.121. The lowest BCUT2D eigenvalue weighted by Gasteiger charge is -2.17. The number of nitrogens with zero attached hydrogens (tertiary/aromatic N) is 2. The molecular weight excluding hydrogens is 372 g/mol. The zero-order valence-corrected chi connectivity index (χ0v) is 16.8. The van der Waals surface area contributed by atoms with Crippen LogP contribution < -0.4 is 11.1 Å². The van der Waals surface area contributed by atoms with E-state index in [1.54, 1.807) is 12.3 Å². The van der Waals surface area contributed by atoms with Gasteiger partial charge >= 0.3 is 0 Å². The number of thiazole rings is 1. The summed E-state index contributed by atoms with van der Waals surface area (Å²) in [7, 11) is 0. The van der Waals surface area contributed by atoms with E-state index in [9.17, 15) is 9.59 Å². The molecule has 0 aliphatic heterocycles. The number of nitrogens with two attached hydrogens (primary N) is 1. The molecule has 0 saturated heterocycles. The van der Waals surface area contributed by atoms with E-state index < -0.39 is 6.04 Å². The van der Waals surface area contributed by atoms with Gasteiger partial charge in [0.15, 0.2) is 5.01 Å². The molecule has 0 fully saturated rings. The molecule has 6 nitrogen and oxygen atoms in total. The second-order valence-electron chi connectivity index (χ2n) is 7.20. The standard InChI is InChI=1S/C21H24N4O2S/c1-13(2)7-10-19(26)24-16(11-14-8-9-18(22)23-12-14)20(27)21-25-15-5-3-4-6-17(15)28-21/h3-6,8-9,12-13,16H,7,10-11H2,1-2H3,(H2,22,23)(H,24,26). The molecule has 0 radical (unpaired) electrons. The third-order valence-electron chi connectivity index (χ3n) is 4.39. The molecule has 3 aromatic rings. The zero-order chi connectivity index (χ0) is 20.1. The predicted molar refractivity (Wildman–Crippen MR) is 112 cm³/mol. The number of para-hydroxylation sites is 1. The second kappa shape index (κ2) is 8.93. The Morgan fingerprint density at radius 2 is 1.96 bits per heavy atom. The molecule has 2 aromatic heterocycles. The number of benzene rings is 1. The minimum atomic E-state index is -0.689. The van der Waals surface area contributed by atoms with Crippen LogP contribution in [0.2, 0.25) is 0 Å². The first-order valence-electron chi connectivity index (χ1n) is 9.32. The Kier molecular flexibility index (Phi) is 6.36. The molecule has 1 atom stereocenters. The highest BCUT2D eigenvalue weighted by atomic mass is 32.1. The maximum Gasteiger partial charge on any atom is 0.220 e. The SMILES string of the molecule is CC(C)CCC(=O)NC(Cc1ccc(N)nc1)C(=O)c1nc2ccccc2s1. The molecule has 0 saturated carbocycles. The van der Waals surface area contributed by atoms with Crippen molar-refractivity contribution < 1.29 is 9.59 Å². The third-order valence-corrected chi connectivity index (χ3v) is 5.44. The Bertz CT molecular complexity index is 933. The first-order valence-corrected chi connectivity index (χ1v) is 10.1. The number of anilines is 1. The van der Waals surface area contributed by atoms with E-state index in [-0.39, 0.29) is 11.7 Å². The third kappa shape index (κ3) is 5.13. The van der Waals surface area contributed by atoms with Crippen LogP contribution in [0.25, 0.3) is 10.2 Å². The molecule has 0 aliphatic rings. The summed E-state index contributed by atoms with van der Waals surface area (Å²) in [5.74, 6) is 0.525. The number of amides is 1. The van der Waals surface area contributed by atoms with Crippen molar-refractivity contribution in [2.45, 2.75) is 39.2 Å². The fourth-order valence-corrected chi connectivity index (χ4v) is 3.77. The summed E-state index contributed by atoms with van der Waals surface area (Å²) in [4.78, 5) is 34.1. The Hall–Kier alpha value is -2.80. The molecule has 3 N–H and O–H groups in total. The predicted octanol–water partition coefficient (Wildman–Crippen LogP) is 3.62. The highest BCUT2D eigenvalue weighted by Crippen LogP contribution is 2.23. The molecule has 0 aliphatic carbocycles. The average Bonchev–Trinajstić information content (AvgIpc) is 3.11. The fraction of sp³-hybridized carbons (Fsp3) is 0.333. The van der Waals surface area contributed by atoms with Crippen molar-refractivity contribution in [2.75, 3.05) is 5.73 Å². The maximum absolute atomic E-state index is 13.1. The largest absolute Gasteiger partial charge is 0.384 e. The molecule has 28 heavy (non-hydrogen) atoms. The number of Topliss-reactive ketones (excluding diaryl/α,β-unsaturated/α-hetero) is 1. The van der Waals surface area contributed by atoms with Crippen LogP contribution in [0.15, 0.2) is 42.6 Å². The van der Waals surface area contributed by atoms with E-state index in [1.165, 1.54) is 11.3 Å². The molecule has 0 bridgehead atoms. The maximum atomic E-state index is 13.1. The summed E-state index contributed by atoms with van der Waals surface area (Å²) >= 11 is 1.34. The molecule has 3 rings (SSSR count). The Labute approximate surface area is 168 Å². The van der Waals surface area contributed by atoms with Crippen LogP contribution in [0, 0.1) is 5.92 Å². The number of aromatic nitrogens is 2. The summed E-state index contributed by atoms with van der Waals surface area (Å²) in [6.07, 6.45) is 3.14. The first kappa shape index (κ1) is 19.9. The lowest BCUT2D eigenvalue weighted by Crippen LogP contribution is -2.42.